The van der Waals surface area contributed by atoms with E-state index in [9.17, 15) is 9.59 Å². The molecule has 0 radical (unpaired) electrons. The predicted molar refractivity (Wildman–Crippen MR) is 83.8 cm³/mol. The van der Waals surface area contributed by atoms with E-state index in [1.807, 2.05) is 19.1 Å². The van der Waals surface area contributed by atoms with Crippen molar-refractivity contribution in [3.8, 4) is 0 Å². The highest BCUT2D eigenvalue weighted by atomic mass is 16.2. The van der Waals surface area contributed by atoms with Gasteiger partial charge in [0, 0.05) is 37.3 Å². The molecule has 1 fully saturated rings. The molecule has 0 spiro atoms. The maximum atomic E-state index is 12.0. The van der Waals surface area contributed by atoms with E-state index in [1.54, 1.807) is 11.0 Å². The molecular formula is C16H23N3O2. The van der Waals surface area contributed by atoms with E-state index in [0.29, 0.717) is 31.0 Å². The van der Waals surface area contributed by atoms with Gasteiger partial charge < -0.3 is 16.0 Å². The quantitative estimate of drug-likeness (QED) is 0.816. The number of hydrogen-bond donors (Lipinski definition) is 2. The van der Waals surface area contributed by atoms with Crippen LogP contribution in [0.2, 0.25) is 0 Å². The van der Waals surface area contributed by atoms with Gasteiger partial charge in [0.1, 0.15) is 0 Å². The van der Waals surface area contributed by atoms with Crippen LogP contribution in [0.4, 0.5) is 11.4 Å². The largest absolute Gasteiger partial charge is 0.398 e. The number of carbonyl (C=O) groups is 2. The summed E-state index contributed by atoms with van der Waals surface area (Å²) in [4.78, 5) is 25.6. The van der Waals surface area contributed by atoms with Crippen LogP contribution < -0.4 is 11.1 Å². The van der Waals surface area contributed by atoms with Gasteiger partial charge in [0.25, 0.3) is 0 Å². The Hall–Kier alpha value is -2.04. The first-order chi connectivity index (χ1) is 10.0. The zero-order valence-corrected chi connectivity index (χ0v) is 12.7. The molecule has 1 unspecified atom stereocenters. The van der Waals surface area contributed by atoms with E-state index in [4.69, 9.17) is 5.73 Å². The van der Waals surface area contributed by atoms with E-state index in [2.05, 4.69) is 12.2 Å². The third kappa shape index (κ3) is 3.74. The van der Waals surface area contributed by atoms with Gasteiger partial charge in [-0.25, -0.2) is 0 Å². The van der Waals surface area contributed by atoms with Crippen LogP contribution in [0.3, 0.4) is 0 Å². The maximum absolute atomic E-state index is 12.0. The fourth-order valence-electron chi connectivity index (χ4n) is 2.58. The van der Waals surface area contributed by atoms with Crippen LogP contribution in [0.5, 0.6) is 0 Å². The molecule has 1 aromatic carbocycles. The zero-order valence-electron chi connectivity index (χ0n) is 12.7. The second-order valence-electron chi connectivity index (χ2n) is 5.64. The Bertz CT molecular complexity index is 542. The Balaban J connectivity index is 1.85. The van der Waals surface area contributed by atoms with Crippen LogP contribution in [0, 0.1) is 12.8 Å². The molecule has 0 bridgehead atoms. The van der Waals surface area contributed by atoms with Gasteiger partial charge in [-0.05, 0) is 30.5 Å². The molecule has 5 heteroatoms. The molecule has 114 valence electrons. The molecule has 1 heterocycles. The topological polar surface area (TPSA) is 75.4 Å². The molecule has 1 aliphatic heterocycles. The Morgan fingerprint density at radius 1 is 1.48 bits per heavy atom. The van der Waals surface area contributed by atoms with Crippen LogP contribution in [0.15, 0.2) is 18.2 Å². The smallest absolute Gasteiger partial charge is 0.226 e. The van der Waals surface area contributed by atoms with Gasteiger partial charge in [-0.2, -0.15) is 0 Å². The maximum Gasteiger partial charge on any atom is 0.226 e. The lowest BCUT2D eigenvalue weighted by Crippen LogP contribution is -2.29. The van der Waals surface area contributed by atoms with Gasteiger partial charge in [0.15, 0.2) is 0 Å². The first-order valence-corrected chi connectivity index (χ1v) is 7.44. The van der Waals surface area contributed by atoms with Crippen molar-refractivity contribution in [2.45, 2.75) is 33.1 Å². The van der Waals surface area contributed by atoms with Crippen molar-refractivity contribution < 1.29 is 9.59 Å². The van der Waals surface area contributed by atoms with E-state index < -0.39 is 0 Å². The van der Waals surface area contributed by atoms with Gasteiger partial charge in [0.2, 0.25) is 11.8 Å². The van der Waals surface area contributed by atoms with Crippen LogP contribution >= 0.6 is 0 Å². The highest BCUT2D eigenvalue weighted by Gasteiger charge is 2.28. The van der Waals surface area contributed by atoms with Crippen molar-refractivity contribution in [2.24, 2.45) is 5.92 Å². The molecule has 21 heavy (non-hydrogen) atoms. The molecule has 1 aromatic rings. The summed E-state index contributed by atoms with van der Waals surface area (Å²) in [5.74, 6) is 0.517. The lowest BCUT2D eigenvalue weighted by Gasteiger charge is -2.16. The molecule has 5 nitrogen and oxygen atoms in total. The standard InChI is InChI=1S/C16H23N3O2/c1-3-12-9-16(21)19(10-12)8-7-15(20)18-14-6-4-5-13(17)11(14)2/h4-6,12H,3,7-10,17H2,1-2H3,(H,18,20). The summed E-state index contributed by atoms with van der Waals surface area (Å²) in [5, 5.41) is 2.86. The zero-order chi connectivity index (χ0) is 15.4. The Morgan fingerprint density at radius 3 is 2.90 bits per heavy atom. The summed E-state index contributed by atoms with van der Waals surface area (Å²) >= 11 is 0. The van der Waals surface area contributed by atoms with Gasteiger partial charge in [0.05, 0.1) is 0 Å². The molecule has 3 N–H and O–H groups in total. The number of likely N-dealkylation sites (tertiary alicyclic amines) is 1. The van der Waals surface area contributed by atoms with Gasteiger partial charge in [-0.1, -0.05) is 19.4 Å². The average Bonchev–Trinajstić information content (AvgIpc) is 2.82. The van der Waals surface area contributed by atoms with Gasteiger partial charge >= 0.3 is 0 Å². The van der Waals surface area contributed by atoms with E-state index in [1.165, 1.54) is 0 Å². The number of nitrogens with zero attached hydrogens (tertiary/aromatic N) is 1. The number of hydrogen-bond acceptors (Lipinski definition) is 3. The number of anilines is 2. The molecule has 0 aliphatic carbocycles. The molecule has 0 saturated carbocycles. The molecule has 0 aromatic heterocycles. The van der Waals surface area contributed by atoms with Crippen LogP contribution in [-0.4, -0.2) is 29.8 Å². The van der Waals surface area contributed by atoms with Crippen molar-refractivity contribution in [3.63, 3.8) is 0 Å². The number of nitrogens with one attached hydrogen (secondary N) is 1. The second kappa shape index (κ2) is 6.61. The van der Waals surface area contributed by atoms with E-state index >= 15 is 0 Å². The fourth-order valence-corrected chi connectivity index (χ4v) is 2.58. The second-order valence-corrected chi connectivity index (χ2v) is 5.64. The minimum absolute atomic E-state index is 0.0866. The van der Waals surface area contributed by atoms with Gasteiger partial charge in [-0.3, -0.25) is 9.59 Å². The van der Waals surface area contributed by atoms with Crippen molar-refractivity contribution in [1.29, 1.82) is 0 Å². The first kappa shape index (κ1) is 15.4. The molecular weight excluding hydrogens is 266 g/mol. The normalized spacial score (nSPS) is 18.1. The number of amides is 2. The first-order valence-electron chi connectivity index (χ1n) is 7.44. The molecule has 2 rings (SSSR count). The monoisotopic (exact) mass is 289 g/mol. The van der Waals surface area contributed by atoms with Crippen molar-refractivity contribution >= 4 is 23.2 Å². The number of nitrogens with two attached hydrogens (primary N) is 1. The van der Waals surface area contributed by atoms with Crippen molar-refractivity contribution in [3.05, 3.63) is 23.8 Å². The average molecular weight is 289 g/mol. The number of rotatable bonds is 5. The Kier molecular flexibility index (Phi) is 4.83. The third-order valence-electron chi connectivity index (χ3n) is 4.13. The molecule has 1 aliphatic rings. The van der Waals surface area contributed by atoms with Crippen molar-refractivity contribution in [1.82, 2.24) is 4.90 Å². The summed E-state index contributed by atoms with van der Waals surface area (Å²) in [6.07, 6.45) is 1.94. The minimum atomic E-state index is -0.0866. The Morgan fingerprint density at radius 2 is 2.24 bits per heavy atom. The number of nitrogen functional groups attached to an aromatic ring is 1. The lowest BCUT2D eigenvalue weighted by molar-refractivity contribution is -0.128. The summed E-state index contributed by atoms with van der Waals surface area (Å²) in [6.45, 7) is 5.24. The Labute approximate surface area is 125 Å². The van der Waals surface area contributed by atoms with Crippen LogP contribution in [0.1, 0.15) is 31.7 Å². The van der Waals surface area contributed by atoms with E-state index in [0.717, 1.165) is 24.2 Å². The predicted octanol–water partition coefficient (Wildman–Crippen LogP) is 2.16. The molecule has 1 atom stereocenters. The molecule has 2 amide bonds. The van der Waals surface area contributed by atoms with Crippen molar-refractivity contribution in [2.75, 3.05) is 24.1 Å². The number of carbonyl (C=O) groups excluding carboxylic acids is 2. The highest BCUT2D eigenvalue weighted by Crippen LogP contribution is 2.22. The minimum Gasteiger partial charge on any atom is -0.398 e. The van der Waals surface area contributed by atoms with Gasteiger partial charge in [-0.15, -0.1) is 0 Å². The fraction of sp³-hybridized carbons (Fsp3) is 0.500. The summed E-state index contributed by atoms with van der Waals surface area (Å²) in [5.41, 5.74) is 8.08. The third-order valence-corrected chi connectivity index (χ3v) is 4.13. The summed E-state index contributed by atoms with van der Waals surface area (Å²) in [6, 6.07) is 5.45. The van der Waals surface area contributed by atoms with E-state index in [-0.39, 0.29) is 11.8 Å². The SMILES string of the molecule is CCC1CC(=O)N(CCC(=O)Nc2cccc(N)c2C)C1. The van der Waals surface area contributed by atoms with Crippen LogP contribution in [0.25, 0.3) is 0 Å². The highest BCUT2D eigenvalue weighted by molar-refractivity contribution is 5.92. The van der Waals surface area contributed by atoms with Crippen LogP contribution in [-0.2, 0) is 9.59 Å². The molecule has 1 saturated heterocycles. The summed E-state index contributed by atoms with van der Waals surface area (Å²) in [7, 11) is 0. The summed E-state index contributed by atoms with van der Waals surface area (Å²) < 4.78 is 0. The lowest BCUT2D eigenvalue weighted by atomic mass is 10.1. The number of benzene rings is 1.